The smallest absolute Gasteiger partial charge is 0.256 e. The molecule has 10 nitrogen and oxygen atoms in total. The molecular formula is C29H35N3O7. The molecule has 2 atom stereocenters. The fourth-order valence-corrected chi connectivity index (χ4v) is 5.55. The zero-order valence-corrected chi connectivity index (χ0v) is 22.4. The van der Waals surface area contributed by atoms with Crippen molar-refractivity contribution < 1.29 is 33.3 Å². The predicted molar refractivity (Wildman–Crippen MR) is 142 cm³/mol. The lowest BCUT2D eigenvalue weighted by Gasteiger charge is -2.44. The Kier molecular flexibility index (Phi) is 8.04. The van der Waals surface area contributed by atoms with Crippen LogP contribution in [0.25, 0.3) is 0 Å². The lowest BCUT2D eigenvalue weighted by atomic mass is 9.96. The number of hydrogen-bond donors (Lipinski definition) is 1. The number of rotatable bonds is 7. The number of likely N-dealkylation sites (tertiary alicyclic amines) is 1. The Morgan fingerprint density at radius 1 is 0.923 bits per heavy atom. The molecule has 0 unspecified atom stereocenters. The summed E-state index contributed by atoms with van der Waals surface area (Å²) < 4.78 is 22.4. The second-order valence-electron chi connectivity index (χ2n) is 10.1. The van der Waals surface area contributed by atoms with E-state index in [9.17, 15) is 14.4 Å². The second kappa shape index (κ2) is 11.6. The minimum Gasteiger partial charge on any atom is -0.497 e. The van der Waals surface area contributed by atoms with Gasteiger partial charge in [-0.1, -0.05) is 0 Å². The zero-order chi connectivity index (χ0) is 27.4. The summed E-state index contributed by atoms with van der Waals surface area (Å²) in [5.74, 6) is 0.669. The van der Waals surface area contributed by atoms with Gasteiger partial charge in [0.1, 0.15) is 23.3 Å². The average molecular weight is 538 g/mol. The van der Waals surface area contributed by atoms with E-state index < -0.39 is 11.8 Å². The highest BCUT2D eigenvalue weighted by Crippen LogP contribution is 2.39. The third kappa shape index (κ3) is 5.58. The van der Waals surface area contributed by atoms with E-state index in [1.165, 1.54) is 0 Å². The first-order chi connectivity index (χ1) is 18.9. The van der Waals surface area contributed by atoms with Gasteiger partial charge >= 0.3 is 0 Å². The Balaban J connectivity index is 1.33. The number of methoxy groups -OCH3 is 2. The number of benzene rings is 2. The predicted octanol–water partition coefficient (Wildman–Crippen LogP) is 2.47. The van der Waals surface area contributed by atoms with Gasteiger partial charge in [-0.05, 0) is 61.4 Å². The van der Waals surface area contributed by atoms with E-state index in [1.807, 2.05) is 0 Å². The molecule has 2 aromatic rings. The van der Waals surface area contributed by atoms with Crippen molar-refractivity contribution in [1.82, 2.24) is 15.1 Å². The van der Waals surface area contributed by atoms with Crippen LogP contribution in [-0.4, -0.2) is 92.5 Å². The van der Waals surface area contributed by atoms with Gasteiger partial charge in [-0.15, -0.1) is 0 Å². The third-order valence-corrected chi connectivity index (χ3v) is 7.82. The Hall–Kier alpha value is -3.63. The van der Waals surface area contributed by atoms with Crippen molar-refractivity contribution in [3.63, 3.8) is 0 Å². The maximum absolute atomic E-state index is 13.9. The van der Waals surface area contributed by atoms with Crippen molar-refractivity contribution in [3.8, 4) is 11.5 Å². The zero-order valence-electron chi connectivity index (χ0n) is 22.4. The van der Waals surface area contributed by atoms with E-state index in [-0.39, 0.29) is 30.4 Å². The number of carbonyl (C=O) groups is 3. The van der Waals surface area contributed by atoms with Gasteiger partial charge in [0, 0.05) is 50.2 Å². The molecule has 0 saturated carbocycles. The molecule has 10 heteroatoms. The van der Waals surface area contributed by atoms with E-state index >= 15 is 0 Å². The largest absolute Gasteiger partial charge is 0.497 e. The first-order valence-corrected chi connectivity index (χ1v) is 13.4. The van der Waals surface area contributed by atoms with Crippen LogP contribution >= 0.6 is 0 Å². The normalized spacial score (nSPS) is 22.1. The highest BCUT2D eigenvalue weighted by atomic mass is 16.5. The van der Waals surface area contributed by atoms with Gasteiger partial charge in [0.25, 0.3) is 11.8 Å². The molecule has 3 amide bonds. The molecule has 3 aliphatic heterocycles. The molecule has 0 bridgehead atoms. The quantitative estimate of drug-likeness (QED) is 0.578. The molecule has 0 aromatic heterocycles. The second-order valence-corrected chi connectivity index (χ2v) is 10.1. The summed E-state index contributed by atoms with van der Waals surface area (Å²) in [7, 11) is 3.15. The van der Waals surface area contributed by atoms with Crippen LogP contribution < -0.4 is 14.8 Å². The first kappa shape index (κ1) is 27.0. The molecule has 1 N–H and O–H groups in total. The molecule has 0 aliphatic carbocycles. The topological polar surface area (TPSA) is 107 Å². The molecule has 2 aromatic carbocycles. The van der Waals surface area contributed by atoms with Crippen molar-refractivity contribution in [2.24, 2.45) is 0 Å². The number of hydrogen-bond acceptors (Lipinski definition) is 7. The van der Waals surface area contributed by atoms with Crippen molar-refractivity contribution in [3.05, 3.63) is 59.7 Å². The SMILES string of the molecule is COc1ccc(C(=O)N2CCC3(CC2)OC[C@@H](C(=O)NC[C@@H]2CCCO2)N3C(=O)c2ccc(OC)cc2)cc1. The van der Waals surface area contributed by atoms with Crippen LogP contribution in [0.5, 0.6) is 11.5 Å². The van der Waals surface area contributed by atoms with Crippen LogP contribution in [0.15, 0.2) is 48.5 Å². The van der Waals surface area contributed by atoms with Crippen LogP contribution in [0.2, 0.25) is 0 Å². The van der Waals surface area contributed by atoms with Gasteiger partial charge in [0.15, 0.2) is 0 Å². The summed E-state index contributed by atoms with van der Waals surface area (Å²) in [5, 5.41) is 2.97. The molecule has 39 heavy (non-hydrogen) atoms. The molecule has 208 valence electrons. The van der Waals surface area contributed by atoms with Crippen LogP contribution in [0.1, 0.15) is 46.4 Å². The van der Waals surface area contributed by atoms with Crippen LogP contribution in [-0.2, 0) is 14.3 Å². The maximum Gasteiger partial charge on any atom is 0.256 e. The summed E-state index contributed by atoms with van der Waals surface area (Å²) in [6, 6.07) is 13.0. The standard InChI is InChI=1S/C29H35N3O7/c1-36-22-9-5-20(6-10-22)27(34)31-15-13-29(14-16-31)32(28(35)21-7-11-23(37-2)12-8-21)25(19-39-29)26(33)30-18-24-4-3-17-38-24/h5-12,24-25H,3-4,13-19H2,1-2H3,(H,30,33)/t24-,25-/m0/s1. The minimum atomic E-state index is -0.987. The van der Waals surface area contributed by atoms with E-state index in [0.717, 1.165) is 12.8 Å². The summed E-state index contributed by atoms with van der Waals surface area (Å²) in [4.78, 5) is 43.8. The Bertz CT molecular complexity index is 1170. The van der Waals surface area contributed by atoms with Gasteiger partial charge in [0.05, 0.1) is 26.9 Å². The fourth-order valence-electron chi connectivity index (χ4n) is 5.55. The van der Waals surface area contributed by atoms with Crippen molar-refractivity contribution in [2.45, 2.75) is 43.6 Å². The minimum absolute atomic E-state index is 0.0109. The van der Waals surface area contributed by atoms with Crippen molar-refractivity contribution >= 4 is 17.7 Å². The van der Waals surface area contributed by atoms with Gasteiger partial charge in [-0.3, -0.25) is 19.3 Å². The molecule has 3 fully saturated rings. The number of amides is 3. The van der Waals surface area contributed by atoms with E-state index in [2.05, 4.69) is 5.32 Å². The summed E-state index contributed by atoms with van der Waals surface area (Å²) in [6.45, 7) is 1.97. The van der Waals surface area contributed by atoms with Crippen molar-refractivity contribution in [1.29, 1.82) is 0 Å². The Morgan fingerprint density at radius 2 is 1.51 bits per heavy atom. The maximum atomic E-state index is 13.9. The van der Waals surface area contributed by atoms with Crippen LogP contribution in [0, 0.1) is 0 Å². The monoisotopic (exact) mass is 537 g/mol. The van der Waals surface area contributed by atoms with E-state index in [0.29, 0.717) is 61.7 Å². The number of ether oxygens (including phenoxy) is 4. The highest BCUT2D eigenvalue weighted by Gasteiger charge is 2.54. The first-order valence-electron chi connectivity index (χ1n) is 13.4. The fraction of sp³-hybridized carbons (Fsp3) is 0.483. The molecule has 1 spiro atoms. The van der Waals surface area contributed by atoms with Crippen molar-refractivity contribution in [2.75, 3.05) is 47.1 Å². The van der Waals surface area contributed by atoms with E-state index in [4.69, 9.17) is 18.9 Å². The number of carbonyl (C=O) groups excluding carboxylic acids is 3. The van der Waals surface area contributed by atoms with Gasteiger partial charge in [-0.25, -0.2) is 0 Å². The van der Waals surface area contributed by atoms with Crippen LogP contribution in [0.4, 0.5) is 0 Å². The Labute approximate surface area is 228 Å². The van der Waals surface area contributed by atoms with Crippen LogP contribution in [0.3, 0.4) is 0 Å². The lowest BCUT2D eigenvalue weighted by Crippen LogP contribution is -2.60. The van der Waals surface area contributed by atoms with E-state index in [1.54, 1.807) is 72.6 Å². The average Bonchev–Trinajstić information content (AvgIpc) is 3.64. The summed E-state index contributed by atoms with van der Waals surface area (Å²) >= 11 is 0. The Morgan fingerprint density at radius 3 is 2.05 bits per heavy atom. The molecule has 5 rings (SSSR count). The molecule has 3 aliphatic rings. The van der Waals surface area contributed by atoms with Gasteiger partial charge < -0.3 is 29.2 Å². The number of nitrogens with zero attached hydrogens (tertiary/aromatic N) is 2. The molecule has 3 heterocycles. The summed E-state index contributed by atoms with van der Waals surface area (Å²) in [6.07, 6.45) is 2.66. The third-order valence-electron chi connectivity index (χ3n) is 7.82. The number of piperidine rings is 1. The molecular weight excluding hydrogens is 502 g/mol. The lowest BCUT2D eigenvalue weighted by molar-refractivity contribution is -0.128. The number of nitrogens with one attached hydrogen (secondary N) is 1. The summed E-state index contributed by atoms with van der Waals surface area (Å²) in [5.41, 5.74) is 0.0190. The highest BCUT2D eigenvalue weighted by molar-refractivity contribution is 5.99. The van der Waals surface area contributed by atoms with Gasteiger partial charge in [-0.2, -0.15) is 0 Å². The molecule has 3 saturated heterocycles. The molecule has 0 radical (unpaired) electrons. The van der Waals surface area contributed by atoms with Gasteiger partial charge in [0.2, 0.25) is 5.91 Å².